The maximum absolute atomic E-state index is 9.58. The number of thiophene rings is 1. The molecule has 3 rings (SSSR count). The molecule has 0 aliphatic carbocycles. The summed E-state index contributed by atoms with van der Waals surface area (Å²) in [6.45, 7) is 9.70. The highest BCUT2D eigenvalue weighted by atomic mass is 32.1. The van der Waals surface area contributed by atoms with Gasteiger partial charge in [-0.3, -0.25) is 9.80 Å². The Morgan fingerprint density at radius 1 is 1.39 bits per heavy atom. The number of aliphatic hydroxyl groups is 1. The number of hydrogen-bond donors (Lipinski definition) is 1. The minimum atomic E-state index is -0.286. The van der Waals surface area contributed by atoms with Crippen LogP contribution in [0.2, 0.25) is 0 Å². The molecule has 1 saturated heterocycles. The second kappa shape index (κ2) is 7.09. The zero-order valence-corrected chi connectivity index (χ0v) is 14.7. The van der Waals surface area contributed by atoms with E-state index < -0.39 is 0 Å². The molecular weight excluding hydrogens is 312 g/mol. The number of aliphatic hydroxyl groups excluding tert-OH is 1. The summed E-state index contributed by atoms with van der Waals surface area (Å²) in [5.41, 5.74) is 0. The largest absolute Gasteiger partial charge is 0.418 e. The molecule has 2 aromatic heterocycles. The maximum atomic E-state index is 9.58. The highest BCUT2D eigenvalue weighted by Gasteiger charge is 2.30. The molecule has 1 aliphatic heterocycles. The lowest BCUT2D eigenvalue weighted by atomic mass is 10.1. The molecular formula is C16H24N4O2S. The fraction of sp³-hybridized carbons (Fsp3) is 0.625. The van der Waals surface area contributed by atoms with Gasteiger partial charge in [-0.2, -0.15) is 0 Å². The van der Waals surface area contributed by atoms with E-state index in [-0.39, 0.29) is 12.1 Å². The van der Waals surface area contributed by atoms with E-state index in [1.54, 1.807) is 11.3 Å². The SMILES string of the molecule is C[C@H](O)CN1CCN([C@@H](C)c2nnc(-c3cccs3)o2)C[C@H]1C. The topological polar surface area (TPSA) is 65.6 Å². The summed E-state index contributed by atoms with van der Waals surface area (Å²) < 4.78 is 5.86. The van der Waals surface area contributed by atoms with Crippen LogP contribution in [0, 0.1) is 0 Å². The quantitative estimate of drug-likeness (QED) is 0.903. The predicted molar refractivity (Wildman–Crippen MR) is 90.3 cm³/mol. The Balaban J connectivity index is 1.64. The van der Waals surface area contributed by atoms with Crippen molar-refractivity contribution in [3.63, 3.8) is 0 Å². The van der Waals surface area contributed by atoms with Gasteiger partial charge in [0.15, 0.2) is 0 Å². The van der Waals surface area contributed by atoms with E-state index in [1.165, 1.54) is 0 Å². The maximum Gasteiger partial charge on any atom is 0.257 e. The first-order valence-electron chi connectivity index (χ1n) is 8.08. The van der Waals surface area contributed by atoms with E-state index in [4.69, 9.17) is 4.42 Å². The van der Waals surface area contributed by atoms with Gasteiger partial charge in [0.2, 0.25) is 5.89 Å². The van der Waals surface area contributed by atoms with Crippen molar-refractivity contribution >= 4 is 11.3 Å². The lowest BCUT2D eigenvalue weighted by Crippen LogP contribution is -2.53. The van der Waals surface area contributed by atoms with E-state index in [2.05, 4.69) is 33.8 Å². The van der Waals surface area contributed by atoms with Gasteiger partial charge in [0.25, 0.3) is 5.89 Å². The molecule has 3 atom stereocenters. The average molecular weight is 336 g/mol. The van der Waals surface area contributed by atoms with E-state index in [9.17, 15) is 5.11 Å². The van der Waals surface area contributed by atoms with Gasteiger partial charge in [-0.25, -0.2) is 0 Å². The van der Waals surface area contributed by atoms with Gasteiger partial charge in [-0.15, -0.1) is 21.5 Å². The first-order valence-corrected chi connectivity index (χ1v) is 8.96. The minimum Gasteiger partial charge on any atom is -0.418 e. The monoisotopic (exact) mass is 336 g/mol. The highest BCUT2D eigenvalue weighted by molar-refractivity contribution is 7.13. The lowest BCUT2D eigenvalue weighted by Gasteiger charge is -2.42. The average Bonchev–Trinajstić information content (AvgIpc) is 3.18. The Hall–Kier alpha value is -1.28. The minimum absolute atomic E-state index is 0.104. The summed E-state index contributed by atoms with van der Waals surface area (Å²) in [5, 5.41) is 20.0. The van der Waals surface area contributed by atoms with Crippen molar-refractivity contribution in [1.29, 1.82) is 0 Å². The molecule has 3 heterocycles. The Labute approximate surface area is 140 Å². The molecule has 0 amide bonds. The van der Waals surface area contributed by atoms with Crippen molar-refractivity contribution in [2.75, 3.05) is 26.2 Å². The van der Waals surface area contributed by atoms with Crippen LogP contribution >= 0.6 is 11.3 Å². The molecule has 0 bridgehead atoms. The Morgan fingerprint density at radius 3 is 2.87 bits per heavy atom. The third kappa shape index (κ3) is 3.80. The second-order valence-electron chi connectivity index (χ2n) is 6.29. The van der Waals surface area contributed by atoms with Crippen LogP contribution in [0.4, 0.5) is 0 Å². The molecule has 126 valence electrons. The van der Waals surface area contributed by atoms with Gasteiger partial charge >= 0.3 is 0 Å². The summed E-state index contributed by atoms with van der Waals surface area (Å²) in [6.07, 6.45) is -0.286. The number of aromatic nitrogens is 2. The zero-order chi connectivity index (χ0) is 16.4. The molecule has 1 N–H and O–H groups in total. The van der Waals surface area contributed by atoms with Crippen molar-refractivity contribution in [3.8, 4) is 10.8 Å². The number of β-amino-alcohol motifs (C(OH)–C–C–N with tert-alkyl or cyclic N) is 1. The molecule has 1 aliphatic rings. The first kappa shape index (κ1) is 16.6. The van der Waals surface area contributed by atoms with Gasteiger partial charge < -0.3 is 9.52 Å². The lowest BCUT2D eigenvalue weighted by molar-refractivity contribution is 0.0257. The van der Waals surface area contributed by atoms with Crippen LogP contribution in [0.3, 0.4) is 0 Å². The van der Waals surface area contributed by atoms with Crippen molar-refractivity contribution in [3.05, 3.63) is 23.4 Å². The smallest absolute Gasteiger partial charge is 0.257 e. The van der Waals surface area contributed by atoms with Crippen molar-refractivity contribution in [2.45, 2.75) is 39.0 Å². The Morgan fingerprint density at radius 2 is 2.22 bits per heavy atom. The molecule has 0 radical (unpaired) electrons. The third-order valence-corrected chi connectivity index (χ3v) is 5.23. The molecule has 1 fully saturated rings. The Bertz CT molecular complexity index is 613. The number of hydrogen-bond acceptors (Lipinski definition) is 7. The molecule has 0 saturated carbocycles. The Kier molecular flexibility index (Phi) is 5.11. The number of piperazine rings is 1. The molecule has 6 nitrogen and oxygen atoms in total. The molecule has 0 spiro atoms. The van der Waals surface area contributed by atoms with E-state index in [0.29, 0.717) is 17.8 Å². The van der Waals surface area contributed by atoms with Gasteiger partial charge in [-0.1, -0.05) is 6.07 Å². The van der Waals surface area contributed by atoms with E-state index >= 15 is 0 Å². The summed E-state index contributed by atoms with van der Waals surface area (Å²) >= 11 is 1.60. The predicted octanol–water partition coefficient (Wildman–Crippen LogP) is 2.25. The highest BCUT2D eigenvalue weighted by Crippen LogP contribution is 2.28. The van der Waals surface area contributed by atoms with Crippen LogP contribution in [0.1, 0.15) is 32.7 Å². The van der Waals surface area contributed by atoms with Gasteiger partial charge in [-0.05, 0) is 32.2 Å². The van der Waals surface area contributed by atoms with Gasteiger partial charge in [0.1, 0.15) is 0 Å². The molecule has 7 heteroatoms. The van der Waals surface area contributed by atoms with Gasteiger partial charge in [0.05, 0.1) is 17.0 Å². The third-order valence-electron chi connectivity index (χ3n) is 4.37. The van der Waals surface area contributed by atoms with Crippen LogP contribution in [0.5, 0.6) is 0 Å². The number of nitrogens with zero attached hydrogens (tertiary/aromatic N) is 4. The van der Waals surface area contributed by atoms with Gasteiger partial charge in [0, 0.05) is 32.2 Å². The van der Waals surface area contributed by atoms with Crippen LogP contribution < -0.4 is 0 Å². The molecule has 0 unspecified atom stereocenters. The van der Waals surface area contributed by atoms with E-state index in [1.807, 2.05) is 24.4 Å². The standard InChI is InChI=1S/C16H24N4O2S/c1-11-9-20(7-6-19(11)10-12(2)21)13(3)15-17-18-16(22-15)14-5-4-8-23-14/h4-5,8,11-13,21H,6-7,9-10H2,1-3H3/t11-,12+,13+/m1/s1. The van der Waals surface area contributed by atoms with Crippen LogP contribution in [-0.4, -0.2) is 63.4 Å². The zero-order valence-electron chi connectivity index (χ0n) is 13.8. The van der Waals surface area contributed by atoms with Crippen LogP contribution in [-0.2, 0) is 0 Å². The van der Waals surface area contributed by atoms with E-state index in [0.717, 1.165) is 31.1 Å². The number of rotatable bonds is 5. The summed E-state index contributed by atoms with van der Waals surface area (Å²) in [5.74, 6) is 1.27. The normalized spacial score (nSPS) is 23.0. The summed E-state index contributed by atoms with van der Waals surface area (Å²) in [6, 6.07) is 4.48. The van der Waals surface area contributed by atoms with Crippen LogP contribution in [0.25, 0.3) is 10.8 Å². The molecule has 2 aromatic rings. The molecule has 23 heavy (non-hydrogen) atoms. The summed E-state index contributed by atoms with van der Waals surface area (Å²) in [7, 11) is 0. The second-order valence-corrected chi connectivity index (χ2v) is 7.23. The van der Waals surface area contributed by atoms with Crippen LogP contribution in [0.15, 0.2) is 21.9 Å². The molecule has 0 aromatic carbocycles. The van der Waals surface area contributed by atoms with Crippen molar-refractivity contribution in [1.82, 2.24) is 20.0 Å². The first-order chi connectivity index (χ1) is 11.0. The van der Waals surface area contributed by atoms with Crippen molar-refractivity contribution in [2.24, 2.45) is 0 Å². The summed E-state index contributed by atoms with van der Waals surface area (Å²) in [4.78, 5) is 5.71. The van der Waals surface area contributed by atoms with Crippen molar-refractivity contribution < 1.29 is 9.52 Å². The fourth-order valence-electron chi connectivity index (χ4n) is 3.05. The fourth-order valence-corrected chi connectivity index (χ4v) is 3.69.